The van der Waals surface area contributed by atoms with Crippen molar-refractivity contribution in [1.29, 1.82) is 0 Å². The van der Waals surface area contributed by atoms with Gasteiger partial charge in [0, 0.05) is 29.6 Å². The molecule has 3 aromatic rings. The van der Waals surface area contributed by atoms with Crippen molar-refractivity contribution in [1.82, 2.24) is 19.9 Å². The molecular formula is C38H42F3N5O6S. The molecular weight excluding hydrogens is 712 g/mol. The molecule has 2 saturated carbocycles. The van der Waals surface area contributed by atoms with Crippen LogP contribution in [-0.2, 0) is 30.6 Å². The maximum Gasteiger partial charge on any atom is 0.416 e. The summed E-state index contributed by atoms with van der Waals surface area (Å²) in [5, 5.41) is 7.47. The minimum atomic E-state index is -4.59. The van der Waals surface area contributed by atoms with Crippen LogP contribution in [0.25, 0.3) is 10.8 Å². The van der Waals surface area contributed by atoms with E-state index < -0.39 is 73.9 Å². The third kappa shape index (κ3) is 7.58. The van der Waals surface area contributed by atoms with Gasteiger partial charge in [0.1, 0.15) is 23.7 Å². The summed E-state index contributed by atoms with van der Waals surface area (Å²) in [5.74, 6) is -2.16. The number of nitrogens with zero attached hydrogens (tertiary/aromatic N) is 2. The number of rotatable bonds is 7. The molecule has 2 aliphatic heterocycles. The molecule has 11 nitrogen and oxygen atoms in total. The van der Waals surface area contributed by atoms with Crippen molar-refractivity contribution in [2.45, 2.75) is 99.4 Å². The molecule has 4 aliphatic rings. The fourth-order valence-electron chi connectivity index (χ4n) is 7.28. The van der Waals surface area contributed by atoms with Gasteiger partial charge in [-0.2, -0.15) is 13.2 Å². The van der Waals surface area contributed by atoms with Crippen molar-refractivity contribution in [2.75, 3.05) is 11.9 Å². The van der Waals surface area contributed by atoms with E-state index in [1.54, 1.807) is 13.1 Å². The van der Waals surface area contributed by atoms with Crippen molar-refractivity contribution in [3.05, 3.63) is 78.5 Å². The van der Waals surface area contributed by atoms with Crippen LogP contribution in [0.5, 0.6) is 5.88 Å². The van der Waals surface area contributed by atoms with Crippen LogP contribution in [0.3, 0.4) is 0 Å². The third-order valence-electron chi connectivity index (χ3n) is 10.9. The first-order chi connectivity index (χ1) is 25.2. The first kappa shape index (κ1) is 36.7. The molecule has 5 atom stereocenters. The second-order valence-electron chi connectivity index (χ2n) is 14.8. The maximum absolute atomic E-state index is 14.5. The summed E-state index contributed by atoms with van der Waals surface area (Å²) < 4.78 is 74.6. The fourth-order valence-corrected chi connectivity index (χ4v) is 8.59. The van der Waals surface area contributed by atoms with Crippen molar-refractivity contribution in [3.8, 4) is 5.88 Å². The summed E-state index contributed by atoms with van der Waals surface area (Å²) in [6.45, 7) is 1.52. The summed E-state index contributed by atoms with van der Waals surface area (Å²) in [6, 6.07) is 11.8. The molecule has 3 amide bonds. The molecule has 15 heteroatoms. The van der Waals surface area contributed by atoms with Gasteiger partial charge in [-0.1, -0.05) is 49.3 Å². The highest BCUT2D eigenvalue weighted by Crippen LogP contribution is 2.47. The number of nitrogens with one attached hydrogen (secondary N) is 3. The number of aromatic nitrogens is 1. The van der Waals surface area contributed by atoms with Crippen molar-refractivity contribution >= 4 is 44.2 Å². The van der Waals surface area contributed by atoms with Gasteiger partial charge in [-0.05, 0) is 81.2 Å². The van der Waals surface area contributed by atoms with E-state index in [1.807, 2.05) is 42.5 Å². The summed E-state index contributed by atoms with van der Waals surface area (Å²) in [5.41, 5.74) is -2.31. The van der Waals surface area contributed by atoms with Crippen LogP contribution >= 0.6 is 0 Å². The highest BCUT2D eigenvalue weighted by molar-refractivity contribution is 7.91. The number of hydrogen-bond donors (Lipinski definition) is 3. The molecule has 3 N–H and O–H groups in total. The first-order valence-corrected chi connectivity index (χ1v) is 19.5. The number of halogens is 3. The van der Waals surface area contributed by atoms with E-state index in [9.17, 15) is 36.0 Å². The number of amides is 3. The van der Waals surface area contributed by atoms with Crippen LogP contribution < -0.4 is 20.1 Å². The molecule has 3 fully saturated rings. The predicted octanol–water partition coefficient (Wildman–Crippen LogP) is 5.48. The Hall–Kier alpha value is -4.66. The molecule has 0 radical (unpaired) electrons. The molecule has 282 valence electrons. The number of sulfonamides is 1. The van der Waals surface area contributed by atoms with Gasteiger partial charge >= 0.3 is 6.18 Å². The van der Waals surface area contributed by atoms with Crippen LogP contribution in [-0.4, -0.2) is 71.0 Å². The topological polar surface area (TPSA) is 147 Å². The number of carbonyl (C=O) groups excluding carboxylic acids is 3. The zero-order valence-electron chi connectivity index (χ0n) is 29.2. The van der Waals surface area contributed by atoms with E-state index in [2.05, 4.69) is 20.3 Å². The standard InChI is InChI=1S/C38H42F3N5O6S/c1-36(17-18-36)53(50,51)45-35(49)37-22-26(37)11-5-3-2-4-6-15-30(43-27-13-9-12-25(20-27)38(39,40)41)34(48)46-23-28(21-31(46)32(47)44-37)52-33-29-14-8-7-10-24(29)16-19-42-33/h5,7-14,16,19-20,26,28,30-31,43H,2-4,6,15,17-18,21-23H2,1H3,(H,44,47)(H,45,49)/b11-5-/t26-,28-,30+,31+,37-/m1/s1. The van der Waals surface area contributed by atoms with Gasteiger partial charge in [-0.15, -0.1) is 0 Å². The molecule has 1 aromatic heterocycles. The molecule has 0 bridgehead atoms. The number of ether oxygens (including phenoxy) is 1. The largest absolute Gasteiger partial charge is 0.472 e. The van der Waals surface area contributed by atoms with Crippen molar-refractivity contribution in [3.63, 3.8) is 0 Å². The van der Waals surface area contributed by atoms with Gasteiger partial charge in [-0.3, -0.25) is 19.1 Å². The Morgan fingerprint density at radius 3 is 2.62 bits per heavy atom. The Kier molecular flexibility index (Phi) is 9.66. The number of fused-ring (bicyclic) bond motifs is 3. The summed E-state index contributed by atoms with van der Waals surface area (Å²) in [7, 11) is -4.01. The van der Waals surface area contributed by atoms with Crippen LogP contribution in [0.2, 0.25) is 0 Å². The lowest BCUT2D eigenvalue weighted by Gasteiger charge is -2.30. The second kappa shape index (κ2) is 14.0. The third-order valence-corrected chi connectivity index (χ3v) is 13.1. The molecule has 0 spiro atoms. The van der Waals surface area contributed by atoms with E-state index in [0.717, 1.165) is 29.3 Å². The lowest BCUT2D eigenvalue weighted by atomic mass is 10.0. The van der Waals surface area contributed by atoms with Crippen LogP contribution in [0.1, 0.15) is 70.3 Å². The second-order valence-corrected chi connectivity index (χ2v) is 17.0. The first-order valence-electron chi connectivity index (χ1n) is 18.0. The number of hydrogen-bond acceptors (Lipinski definition) is 8. The van der Waals surface area contributed by atoms with Crippen molar-refractivity contribution < 1.29 is 40.7 Å². The Bertz CT molecular complexity index is 2050. The smallest absolute Gasteiger partial charge is 0.416 e. The quantitative estimate of drug-likeness (QED) is 0.269. The number of pyridine rings is 1. The lowest BCUT2D eigenvalue weighted by molar-refractivity contribution is -0.140. The zero-order chi connectivity index (χ0) is 37.6. The Morgan fingerprint density at radius 2 is 1.85 bits per heavy atom. The highest BCUT2D eigenvalue weighted by Gasteiger charge is 2.63. The molecule has 7 rings (SSSR count). The van der Waals surface area contributed by atoms with E-state index in [1.165, 1.54) is 17.0 Å². The normalized spacial score (nSPS) is 28.0. The molecule has 1 saturated heterocycles. The summed E-state index contributed by atoms with van der Waals surface area (Å²) >= 11 is 0. The minimum absolute atomic E-state index is 0.0212. The van der Waals surface area contributed by atoms with Crippen LogP contribution in [0.4, 0.5) is 18.9 Å². The van der Waals surface area contributed by atoms with Gasteiger partial charge < -0.3 is 20.3 Å². The summed E-state index contributed by atoms with van der Waals surface area (Å²) in [4.78, 5) is 48.4. The number of allylic oxidation sites excluding steroid dienone is 1. The summed E-state index contributed by atoms with van der Waals surface area (Å²) in [6.07, 6.45) is 4.03. The van der Waals surface area contributed by atoms with Gasteiger partial charge in [-0.25, -0.2) is 13.4 Å². The molecule has 3 heterocycles. The number of anilines is 1. The van der Waals surface area contributed by atoms with Crippen molar-refractivity contribution in [2.24, 2.45) is 5.92 Å². The zero-order valence-corrected chi connectivity index (χ0v) is 30.0. The number of carbonyl (C=O) groups is 3. The van der Waals surface area contributed by atoms with E-state index in [4.69, 9.17) is 4.74 Å². The van der Waals surface area contributed by atoms with E-state index >= 15 is 0 Å². The molecule has 53 heavy (non-hydrogen) atoms. The van der Waals surface area contributed by atoms with E-state index in [-0.39, 0.29) is 31.5 Å². The Labute approximate surface area is 305 Å². The maximum atomic E-state index is 14.5. The van der Waals surface area contributed by atoms with Gasteiger partial charge in [0.15, 0.2) is 0 Å². The Balaban J connectivity index is 1.21. The SMILES string of the molecule is CC1(S(=O)(=O)NC(=O)[C@@]23C[C@H]2/C=C\CCCCC[C@H](Nc2cccc(C(F)(F)F)c2)C(=O)N2C[C@H](Oc4nccc5ccccc45)C[C@H]2C(=O)N3)CC1. The Morgan fingerprint density at radius 1 is 1.06 bits per heavy atom. The molecule has 2 aliphatic carbocycles. The fraction of sp³-hybridized carbons (Fsp3) is 0.474. The van der Waals surface area contributed by atoms with Gasteiger partial charge in [0.2, 0.25) is 27.7 Å². The number of alkyl halides is 3. The molecule has 2 aromatic carbocycles. The van der Waals surface area contributed by atoms with Crippen LogP contribution in [0.15, 0.2) is 72.9 Å². The average molecular weight is 754 g/mol. The van der Waals surface area contributed by atoms with Gasteiger partial charge in [0.25, 0.3) is 5.91 Å². The minimum Gasteiger partial charge on any atom is -0.472 e. The monoisotopic (exact) mass is 753 g/mol. The highest BCUT2D eigenvalue weighted by atomic mass is 32.2. The van der Waals surface area contributed by atoms with Crippen LogP contribution in [0, 0.1) is 5.92 Å². The average Bonchev–Trinajstić information content (AvgIpc) is 4.00. The lowest BCUT2D eigenvalue weighted by Crippen LogP contribution is -2.58. The van der Waals surface area contributed by atoms with E-state index in [0.29, 0.717) is 38.0 Å². The number of benzene rings is 2. The molecule has 0 unspecified atom stereocenters. The predicted molar refractivity (Wildman–Crippen MR) is 191 cm³/mol. The van der Waals surface area contributed by atoms with Gasteiger partial charge in [0.05, 0.1) is 16.9 Å².